The van der Waals surface area contributed by atoms with Gasteiger partial charge in [0, 0.05) is 10.6 Å². The standard InChI is InChI=1S/C22H18Cl2N2O6S/c1-13(22(28)29)25-21(27)14-6-9-16(10-7-14)33(30,31)26-18-4-2-3-5-20(18)32-19-11-8-15(23)12-17(19)24/h2-13,26H,1H3,(H,25,27)(H,28,29)/t13-/m0/s1. The van der Waals surface area contributed by atoms with Crippen molar-refractivity contribution in [1.82, 2.24) is 5.32 Å². The van der Waals surface area contributed by atoms with Crippen LogP contribution >= 0.6 is 23.2 Å². The fourth-order valence-corrected chi connectivity index (χ4v) is 4.16. The second-order valence-corrected chi connectivity index (χ2v) is 9.36. The van der Waals surface area contributed by atoms with Crippen LogP contribution in [-0.4, -0.2) is 31.4 Å². The zero-order chi connectivity index (χ0) is 24.2. The Bertz CT molecular complexity index is 1300. The summed E-state index contributed by atoms with van der Waals surface area (Å²) >= 11 is 12.0. The van der Waals surface area contributed by atoms with Crippen molar-refractivity contribution in [3.8, 4) is 11.5 Å². The first-order chi connectivity index (χ1) is 15.6. The molecular weight excluding hydrogens is 491 g/mol. The number of anilines is 1. The number of rotatable bonds is 8. The molecule has 0 saturated carbocycles. The number of carboxylic acids is 1. The summed E-state index contributed by atoms with van der Waals surface area (Å²) in [7, 11) is -4.03. The van der Waals surface area contributed by atoms with Gasteiger partial charge in [-0.1, -0.05) is 35.3 Å². The van der Waals surface area contributed by atoms with E-state index in [9.17, 15) is 18.0 Å². The van der Waals surface area contributed by atoms with Crippen LogP contribution in [0.3, 0.4) is 0 Å². The minimum Gasteiger partial charge on any atom is -0.480 e. The molecule has 33 heavy (non-hydrogen) atoms. The van der Waals surface area contributed by atoms with Gasteiger partial charge in [-0.15, -0.1) is 0 Å². The van der Waals surface area contributed by atoms with E-state index < -0.39 is 27.9 Å². The summed E-state index contributed by atoms with van der Waals surface area (Å²) in [5.41, 5.74) is 0.281. The Labute approximate surface area is 200 Å². The third kappa shape index (κ3) is 6.16. The fraction of sp³-hybridized carbons (Fsp3) is 0.0909. The molecule has 0 spiro atoms. The van der Waals surface area contributed by atoms with E-state index >= 15 is 0 Å². The van der Waals surface area contributed by atoms with Gasteiger partial charge in [0.15, 0.2) is 5.75 Å². The highest BCUT2D eigenvalue weighted by atomic mass is 35.5. The van der Waals surface area contributed by atoms with Crippen LogP contribution in [-0.2, 0) is 14.8 Å². The number of para-hydroxylation sites is 2. The van der Waals surface area contributed by atoms with Crippen LogP contribution in [0.4, 0.5) is 5.69 Å². The highest BCUT2D eigenvalue weighted by molar-refractivity contribution is 7.92. The van der Waals surface area contributed by atoms with E-state index in [-0.39, 0.29) is 26.9 Å². The lowest BCUT2D eigenvalue weighted by atomic mass is 10.2. The van der Waals surface area contributed by atoms with Gasteiger partial charge in [-0.2, -0.15) is 0 Å². The molecule has 1 amide bonds. The van der Waals surface area contributed by atoms with Gasteiger partial charge >= 0.3 is 5.97 Å². The number of aliphatic carboxylic acids is 1. The largest absolute Gasteiger partial charge is 0.480 e. The van der Waals surface area contributed by atoms with Crippen LogP contribution in [0.25, 0.3) is 0 Å². The normalized spacial score (nSPS) is 12.0. The van der Waals surface area contributed by atoms with Gasteiger partial charge in [0.2, 0.25) is 0 Å². The first kappa shape index (κ1) is 24.4. The van der Waals surface area contributed by atoms with Gasteiger partial charge in [0.05, 0.1) is 15.6 Å². The van der Waals surface area contributed by atoms with Crippen molar-refractivity contribution >= 4 is 50.8 Å². The lowest BCUT2D eigenvalue weighted by molar-refractivity contribution is -0.138. The summed E-state index contributed by atoms with van der Waals surface area (Å²) in [5.74, 6) is -1.32. The molecular formula is C22H18Cl2N2O6S. The maximum atomic E-state index is 12.9. The van der Waals surface area contributed by atoms with Crippen LogP contribution in [0.1, 0.15) is 17.3 Å². The number of amides is 1. The lowest BCUT2D eigenvalue weighted by Gasteiger charge is -2.14. The lowest BCUT2D eigenvalue weighted by Crippen LogP contribution is -2.38. The topological polar surface area (TPSA) is 122 Å². The quantitative estimate of drug-likeness (QED) is 0.402. The summed E-state index contributed by atoms with van der Waals surface area (Å²) in [4.78, 5) is 22.9. The van der Waals surface area contributed by atoms with E-state index in [1.54, 1.807) is 30.3 Å². The molecule has 172 valence electrons. The Morgan fingerprint density at radius 1 is 0.970 bits per heavy atom. The zero-order valence-corrected chi connectivity index (χ0v) is 19.4. The average Bonchev–Trinajstić information content (AvgIpc) is 2.76. The van der Waals surface area contributed by atoms with Crippen LogP contribution in [0, 0.1) is 0 Å². The van der Waals surface area contributed by atoms with Crippen molar-refractivity contribution in [1.29, 1.82) is 0 Å². The molecule has 0 bridgehead atoms. The van der Waals surface area contributed by atoms with E-state index in [1.165, 1.54) is 43.3 Å². The van der Waals surface area contributed by atoms with E-state index in [2.05, 4.69) is 10.0 Å². The van der Waals surface area contributed by atoms with Gasteiger partial charge in [0.25, 0.3) is 15.9 Å². The smallest absolute Gasteiger partial charge is 0.325 e. The molecule has 0 aliphatic rings. The molecule has 0 radical (unpaired) electrons. The van der Waals surface area contributed by atoms with Crippen molar-refractivity contribution in [3.63, 3.8) is 0 Å². The number of ether oxygens (including phenoxy) is 1. The van der Waals surface area contributed by atoms with Crippen molar-refractivity contribution in [2.24, 2.45) is 0 Å². The maximum Gasteiger partial charge on any atom is 0.325 e. The van der Waals surface area contributed by atoms with E-state index in [0.29, 0.717) is 10.8 Å². The molecule has 0 aliphatic carbocycles. The molecule has 3 rings (SSSR count). The number of sulfonamides is 1. The predicted octanol–water partition coefficient (Wildman–Crippen LogP) is 4.79. The summed E-state index contributed by atoms with van der Waals surface area (Å²) < 4.78 is 34.0. The molecule has 0 aromatic heterocycles. The molecule has 8 nitrogen and oxygen atoms in total. The molecule has 0 unspecified atom stereocenters. The number of halogens is 2. The summed E-state index contributed by atoms with van der Waals surface area (Å²) in [6.07, 6.45) is 0. The minimum absolute atomic E-state index is 0.107. The van der Waals surface area contributed by atoms with Gasteiger partial charge < -0.3 is 15.2 Å². The molecule has 0 aliphatic heterocycles. The number of nitrogens with one attached hydrogen (secondary N) is 2. The van der Waals surface area contributed by atoms with Gasteiger partial charge in [-0.3, -0.25) is 14.3 Å². The van der Waals surface area contributed by atoms with Crippen LogP contribution < -0.4 is 14.8 Å². The van der Waals surface area contributed by atoms with E-state index in [1.807, 2.05) is 0 Å². The van der Waals surface area contributed by atoms with Crippen molar-refractivity contribution < 1.29 is 27.9 Å². The molecule has 1 atom stereocenters. The number of hydrogen-bond donors (Lipinski definition) is 3. The zero-order valence-electron chi connectivity index (χ0n) is 17.1. The second-order valence-electron chi connectivity index (χ2n) is 6.84. The highest BCUT2D eigenvalue weighted by Gasteiger charge is 2.19. The van der Waals surface area contributed by atoms with Gasteiger partial charge in [-0.05, 0) is 61.5 Å². The molecule has 0 heterocycles. The Balaban J connectivity index is 1.80. The number of carbonyl (C=O) groups is 2. The van der Waals surface area contributed by atoms with Crippen molar-refractivity contribution in [2.75, 3.05) is 4.72 Å². The molecule has 3 aromatic rings. The van der Waals surface area contributed by atoms with Crippen LogP contribution in [0.2, 0.25) is 10.0 Å². The number of carbonyl (C=O) groups excluding carboxylic acids is 1. The fourth-order valence-electron chi connectivity index (χ4n) is 2.65. The third-order valence-electron chi connectivity index (χ3n) is 4.39. The Hall–Kier alpha value is -3.27. The number of carboxylic acid groups (broad SMARTS) is 1. The number of benzene rings is 3. The minimum atomic E-state index is -4.03. The number of hydrogen-bond acceptors (Lipinski definition) is 5. The summed E-state index contributed by atoms with van der Waals surface area (Å²) in [6.45, 7) is 1.32. The molecule has 0 saturated heterocycles. The van der Waals surface area contributed by atoms with Gasteiger partial charge in [0.1, 0.15) is 11.8 Å². The third-order valence-corrected chi connectivity index (χ3v) is 6.30. The SMILES string of the molecule is C[C@H](NC(=O)c1ccc(S(=O)(=O)Nc2ccccc2Oc2ccc(Cl)cc2Cl)cc1)C(=O)O. The van der Waals surface area contributed by atoms with Gasteiger partial charge in [-0.25, -0.2) is 8.42 Å². The van der Waals surface area contributed by atoms with Crippen LogP contribution in [0.5, 0.6) is 11.5 Å². The Morgan fingerprint density at radius 3 is 2.27 bits per heavy atom. The van der Waals surface area contributed by atoms with Crippen molar-refractivity contribution in [2.45, 2.75) is 17.9 Å². The molecule has 11 heteroatoms. The molecule has 3 N–H and O–H groups in total. The Morgan fingerprint density at radius 2 is 1.64 bits per heavy atom. The second kappa shape index (κ2) is 10.1. The van der Waals surface area contributed by atoms with Crippen LogP contribution in [0.15, 0.2) is 71.6 Å². The predicted molar refractivity (Wildman–Crippen MR) is 125 cm³/mol. The molecule has 0 fully saturated rings. The summed E-state index contributed by atoms with van der Waals surface area (Å²) in [5, 5.41) is 11.9. The molecule has 3 aromatic carbocycles. The van der Waals surface area contributed by atoms with E-state index in [0.717, 1.165) is 0 Å². The maximum absolute atomic E-state index is 12.9. The highest BCUT2D eigenvalue weighted by Crippen LogP contribution is 2.35. The summed E-state index contributed by atoms with van der Waals surface area (Å²) in [6, 6.07) is 15.0. The first-order valence-electron chi connectivity index (χ1n) is 9.45. The van der Waals surface area contributed by atoms with Crippen molar-refractivity contribution in [3.05, 3.63) is 82.3 Å². The Kier molecular flexibility index (Phi) is 7.47. The average molecular weight is 509 g/mol. The van der Waals surface area contributed by atoms with E-state index in [4.69, 9.17) is 33.0 Å². The monoisotopic (exact) mass is 508 g/mol. The first-order valence-corrected chi connectivity index (χ1v) is 11.7.